The molecule has 5 amide bonds. The van der Waals surface area contributed by atoms with Crippen molar-refractivity contribution in [1.29, 1.82) is 0 Å². The smallest absolute Gasteiger partial charge is 0.335 e. The summed E-state index contributed by atoms with van der Waals surface area (Å²) in [7, 11) is 1.40. The number of halogens is 3. The number of hydrogen-bond acceptors (Lipinski definition) is 6. The van der Waals surface area contributed by atoms with Gasteiger partial charge < -0.3 is 14.8 Å². The Bertz CT molecular complexity index is 1530. The van der Waals surface area contributed by atoms with Gasteiger partial charge in [-0.15, -0.1) is 0 Å². The molecular weight excluding hydrogens is 644 g/mol. The summed E-state index contributed by atoms with van der Waals surface area (Å²) >= 11 is 8.13. The Kier molecular flexibility index (Phi) is 8.51. The summed E-state index contributed by atoms with van der Waals surface area (Å²) in [6.45, 7) is 1.30. The lowest BCUT2D eigenvalue weighted by Crippen LogP contribution is -2.54. The first-order chi connectivity index (χ1) is 18.6. The zero-order valence-corrected chi connectivity index (χ0v) is 23.4. The van der Waals surface area contributed by atoms with Crippen molar-refractivity contribution in [3.63, 3.8) is 0 Å². The van der Waals surface area contributed by atoms with Gasteiger partial charge in [0.15, 0.2) is 18.1 Å². The molecule has 0 spiro atoms. The quantitative estimate of drug-likeness (QED) is 0.207. The number of urea groups is 1. The van der Waals surface area contributed by atoms with Crippen molar-refractivity contribution in [2.24, 2.45) is 0 Å². The third-order valence-corrected chi connectivity index (χ3v) is 6.83. The van der Waals surface area contributed by atoms with Crippen LogP contribution < -0.4 is 25.0 Å². The molecule has 0 radical (unpaired) electrons. The minimum absolute atomic E-state index is 0.241. The molecule has 1 aliphatic rings. The number of imide groups is 2. The summed E-state index contributed by atoms with van der Waals surface area (Å²) in [5, 5.41) is 5.13. The summed E-state index contributed by atoms with van der Waals surface area (Å²) in [5.41, 5.74) is 1.29. The number of amides is 5. The second-order valence-corrected chi connectivity index (χ2v) is 9.79. The molecule has 1 fully saturated rings. The Balaban J connectivity index is 1.57. The Hall–Kier alpha value is -3.97. The van der Waals surface area contributed by atoms with Crippen LogP contribution in [-0.4, -0.2) is 37.5 Å². The van der Waals surface area contributed by atoms with E-state index in [2.05, 4.69) is 10.6 Å². The molecule has 3 aromatic carbocycles. The van der Waals surface area contributed by atoms with Gasteiger partial charge in [0, 0.05) is 10.7 Å². The van der Waals surface area contributed by atoms with Crippen LogP contribution >= 0.6 is 34.2 Å². The molecule has 39 heavy (non-hydrogen) atoms. The predicted molar refractivity (Wildman–Crippen MR) is 151 cm³/mol. The van der Waals surface area contributed by atoms with Crippen molar-refractivity contribution >= 4 is 75.4 Å². The molecular formula is C27H20ClFIN3O6. The van der Waals surface area contributed by atoms with Crippen LogP contribution in [0.15, 0.2) is 60.2 Å². The van der Waals surface area contributed by atoms with E-state index in [1.807, 2.05) is 22.6 Å². The van der Waals surface area contributed by atoms with E-state index in [9.17, 15) is 23.6 Å². The minimum atomic E-state index is -0.887. The maximum absolute atomic E-state index is 13.3. The van der Waals surface area contributed by atoms with Crippen molar-refractivity contribution in [2.75, 3.05) is 23.9 Å². The van der Waals surface area contributed by atoms with Gasteiger partial charge in [-0.2, -0.15) is 0 Å². The topological polar surface area (TPSA) is 114 Å². The van der Waals surface area contributed by atoms with E-state index in [1.54, 1.807) is 31.2 Å². The lowest BCUT2D eigenvalue weighted by molar-refractivity contribution is -0.122. The SMILES string of the molecule is COc1cc(/C=C2/C(=O)NC(=O)N(c3cccc(Cl)c3C)C2=O)cc(I)c1OCC(=O)Nc1ccc(F)cc1. The molecule has 1 aliphatic heterocycles. The van der Waals surface area contributed by atoms with Gasteiger partial charge >= 0.3 is 6.03 Å². The highest BCUT2D eigenvalue weighted by Crippen LogP contribution is 2.35. The second-order valence-electron chi connectivity index (χ2n) is 8.22. The summed E-state index contributed by atoms with van der Waals surface area (Å²) < 4.78 is 24.7. The number of ether oxygens (including phenoxy) is 2. The van der Waals surface area contributed by atoms with Crippen LogP contribution in [0, 0.1) is 16.3 Å². The monoisotopic (exact) mass is 663 g/mol. The maximum atomic E-state index is 13.3. The van der Waals surface area contributed by atoms with Crippen molar-refractivity contribution in [3.05, 3.63) is 85.7 Å². The molecule has 0 unspecified atom stereocenters. The summed E-state index contributed by atoms with van der Waals surface area (Å²) in [6, 6.07) is 12.3. The van der Waals surface area contributed by atoms with Crippen LogP contribution in [0.4, 0.5) is 20.6 Å². The van der Waals surface area contributed by atoms with Gasteiger partial charge in [-0.1, -0.05) is 17.7 Å². The van der Waals surface area contributed by atoms with Crippen LogP contribution in [0.25, 0.3) is 6.08 Å². The van der Waals surface area contributed by atoms with Gasteiger partial charge in [0.1, 0.15) is 11.4 Å². The molecule has 1 saturated heterocycles. The molecule has 12 heteroatoms. The normalized spacial score (nSPS) is 14.3. The molecule has 0 atom stereocenters. The third kappa shape index (κ3) is 6.20. The standard InChI is InChI=1S/C27H20ClFIN3O6/c1-14-19(28)4-3-5-21(14)33-26(36)18(25(35)32-27(33)37)10-15-11-20(30)24(22(12-15)38-2)39-13-23(34)31-17-8-6-16(29)7-9-17/h3-12H,13H2,1-2H3,(H,31,34)(H,32,35,37)/b18-10-. The first kappa shape index (κ1) is 28.0. The zero-order chi connectivity index (χ0) is 28.3. The molecule has 2 N–H and O–H groups in total. The third-order valence-electron chi connectivity index (χ3n) is 5.62. The molecule has 0 aliphatic carbocycles. The van der Waals surface area contributed by atoms with Crippen molar-refractivity contribution in [1.82, 2.24) is 5.32 Å². The van der Waals surface area contributed by atoms with E-state index in [4.69, 9.17) is 21.1 Å². The zero-order valence-electron chi connectivity index (χ0n) is 20.5. The highest BCUT2D eigenvalue weighted by Gasteiger charge is 2.37. The number of barbiturate groups is 1. The van der Waals surface area contributed by atoms with Crippen molar-refractivity contribution in [2.45, 2.75) is 6.92 Å². The lowest BCUT2D eigenvalue weighted by atomic mass is 10.1. The first-order valence-electron chi connectivity index (χ1n) is 11.3. The number of methoxy groups -OCH3 is 1. The fourth-order valence-electron chi connectivity index (χ4n) is 3.71. The van der Waals surface area contributed by atoms with Gasteiger partial charge in [0.2, 0.25) is 0 Å². The van der Waals surface area contributed by atoms with Crippen LogP contribution in [0.3, 0.4) is 0 Å². The number of nitrogens with zero attached hydrogens (tertiary/aromatic N) is 1. The highest BCUT2D eigenvalue weighted by molar-refractivity contribution is 14.1. The molecule has 0 bridgehead atoms. The molecule has 200 valence electrons. The average Bonchev–Trinajstić information content (AvgIpc) is 2.89. The van der Waals surface area contributed by atoms with Crippen molar-refractivity contribution in [3.8, 4) is 11.5 Å². The first-order valence-corrected chi connectivity index (χ1v) is 12.8. The number of carbonyl (C=O) groups is 4. The van der Waals surface area contributed by atoms with Crippen molar-refractivity contribution < 1.29 is 33.0 Å². The van der Waals surface area contributed by atoms with Crippen LogP contribution in [0.2, 0.25) is 5.02 Å². The summed E-state index contributed by atoms with van der Waals surface area (Å²) in [6.07, 6.45) is 1.33. The number of rotatable bonds is 7. The Morgan fingerprint density at radius 2 is 1.87 bits per heavy atom. The predicted octanol–water partition coefficient (Wildman–Crippen LogP) is 5.08. The fraction of sp³-hybridized carbons (Fsp3) is 0.111. The molecule has 1 heterocycles. The number of anilines is 2. The average molecular weight is 664 g/mol. The Morgan fingerprint density at radius 3 is 2.56 bits per heavy atom. The van der Waals surface area contributed by atoms with E-state index in [1.165, 1.54) is 43.5 Å². The fourth-order valence-corrected chi connectivity index (χ4v) is 4.66. The van der Waals surface area contributed by atoms with Gasteiger partial charge in [-0.25, -0.2) is 14.1 Å². The van der Waals surface area contributed by atoms with Crippen LogP contribution in [0.5, 0.6) is 11.5 Å². The Morgan fingerprint density at radius 1 is 1.15 bits per heavy atom. The summed E-state index contributed by atoms with van der Waals surface area (Å²) in [4.78, 5) is 51.6. The van der Waals surface area contributed by atoms with Crippen LogP contribution in [-0.2, 0) is 14.4 Å². The minimum Gasteiger partial charge on any atom is -0.493 e. The van der Waals surface area contributed by atoms with Crippen LogP contribution in [0.1, 0.15) is 11.1 Å². The van der Waals surface area contributed by atoms with Gasteiger partial charge in [-0.05, 0) is 95.2 Å². The van der Waals surface area contributed by atoms with Gasteiger partial charge in [-0.3, -0.25) is 19.7 Å². The number of nitrogens with one attached hydrogen (secondary N) is 2. The van der Waals surface area contributed by atoms with E-state index in [0.29, 0.717) is 25.4 Å². The second kappa shape index (κ2) is 11.8. The highest BCUT2D eigenvalue weighted by atomic mass is 127. The molecule has 3 aromatic rings. The molecule has 0 aromatic heterocycles. The number of carbonyl (C=O) groups excluding carboxylic acids is 4. The Labute approximate surface area is 241 Å². The molecule has 0 saturated carbocycles. The molecule has 4 rings (SSSR count). The molecule has 9 nitrogen and oxygen atoms in total. The lowest BCUT2D eigenvalue weighted by Gasteiger charge is -2.27. The number of hydrogen-bond donors (Lipinski definition) is 2. The van der Waals surface area contributed by atoms with E-state index < -0.39 is 29.6 Å². The largest absolute Gasteiger partial charge is 0.493 e. The van der Waals surface area contributed by atoms with E-state index in [0.717, 1.165) is 4.90 Å². The van der Waals surface area contributed by atoms with E-state index in [-0.39, 0.29) is 29.4 Å². The van der Waals surface area contributed by atoms with Gasteiger partial charge in [0.25, 0.3) is 17.7 Å². The maximum Gasteiger partial charge on any atom is 0.335 e. The summed E-state index contributed by atoms with van der Waals surface area (Å²) in [5.74, 6) is -2.07. The number of benzene rings is 3. The van der Waals surface area contributed by atoms with Gasteiger partial charge in [0.05, 0.1) is 16.4 Å². The van der Waals surface area contributed by atoms with E-state index >= 15 is 0 Å².